The molecule has 106 valence electrons. The first-order chi connectivity index (χ1) is 10.1. The Labute approximate surface area is 134 Å². The molecule has 1 aliphatic heterocycles. The summed E-state index contributed by atoms with van der Waals surface area (Å²) in [7, 11) is 0. The number of thiophene rings is 1. The van der Waals surface area contributed by atoms with Crippen LogP contribution in [0.15, 0.2) is 51.2 Å². The van der Waals surface area contributed by atoms with Crippen LogP contribution in [0.4, 0.5) is 4.79 Å². The third kappa shape index (κ3) is 3.47. The molecule has 2 heterocycles. The van der Waals surface area contributed by atoms with E-state index in [-0.39, 0.29) is 5.70 Å². The van der Waals surface area contributed by atoms with Crippen LogP contribution >= 0.6 is 34.7 Å². The van der Waals surface area contributed by atoms with E-state index in [0.717, 1.165) is 14.0 Å². The fourth-order valence-corrected chi connectivity index (χ4v) is 3.90. The van der Waals surface area contributed by atoms with Crippen LogP contribution in [0, 0.1) is 0 Å². The van der Waals surface area contributed by atoms with E-state index >= 15 is 0 Å². The fraction of sp³-hybridized carbons (Fsp3) is 0. The molecule has 7 heteroatoms. The van der Waals surface area contributed by atoms with Gasteiger partial charge < -0.3 is 5.32 Å². The van der Waals surface area contributed by atoms with Gasteiger partial charge in [-0.15, -0.1) is 11.3 Å². The van der Waals surface area contributed by atoms with Gasteiger partial charge in [0.25, 0.3) is 5.91 Å². The number of benzene rings is 1. The van der Waals surface area contributed by atoms with E-state index in [4.69, 9.17) is 11.6 Å². The third-order valence-electron chi connectivity index (χ3n) is 2.64. The van der Waals surface area contributed by atoms with Crippen molar-refractivity contribution in [2.45, 2.75) is 9.10 Å². The average molecular weight is 337 g/mol. The first-order valence-electron chi connectivity index (χ1n) is 5.97. The SMILES string of the molecule is O=C1NC(=O)/C(=C\c2ccc(Sc3ccc(Cl)cc3)s2)N1. The first kappa shape index (κ1) is 14.2. The maximum Gasteiger partial charge on any atom is 0.326 e. The van der Waals surface area contributed by atoms with Gasteiger partial charge in [-0.3, -0.25) is 10.1 Å². The number of urea groups is 1. The highest BCUT2D eigenvalue weighted by molar-refractivity contribution is 8.01. The monoisotopic (exact) mass is 336 g/mol. The van der Waals surface area contributed by atoms with Gasteiger partial charge >= 0.3 is 6.03 Å². The van der Waals surface area contributed by atoms with Crippen LogP contribution in [0.5, 0.6) is 0 Å². The molecule has 1 aromatic carbocycles. The molecule has 21 heavy (non-hydrogen) atoms. The smallest absolute Gasteiger partial charge is 0.303 e. The van der Waals surface area contributed by atoms with Crippen molar-refractivity contribution in [3.8, 4) is 0 Å². The lowest BCUT2D eigenvalue weighted by molar-refractivity contribution is -0.115. The number of halogens is 1. The number of carbonyl (C=O) groups excluding carboxylic acids is 2. The van der Waals surface area contributed by atoms with Crippen LogP contribution in [0.3, 0.4) is 0 Å². The van der Waals surface area contributed by atoms with Crippen LogP contribution < -0.4 is 10.6 Å². The minimum atomic E-state index is -0.487. The zero-order valence-electron chi connectivity index (χ0n) is 10.6. The van der Waals surface area contributed by atoms with E-state index in [9.17, 15) is 9.59 Å². The van der Waals surface area contributed by atoms with Gasteiger partial charge in [0.1, 0.15) is 5.70 Å². The Hall–Kier alpha value is -1.76. The summed E-state index contributed by atoms with van der Waals surface area (Å²) < 4.78 is 1.09. The predicted octanol–water partition coefficient (Wildman–Crippen LogP) is 3.73. The Balaban J connectivity index is 1.74. The van der Waals surface area contributed by atoms with E-state index in [1.807, 2.05) is 36.4 Å². The molecule has 0 spiro atoms. The van der Waals surface area contributed by atoms with E-state index in [2.05, 4.69) is 10.6 Å². The Bertz CT molecular complexity index is 738. The second-order valence-corrected chi connectivity index (χ2v) is 7.10. The number of hydrogen-bond donors (Lipinski definition) is 2. The number of imide groups is 1. The van der Waals surface area contributed by atoms with Crippen LogP contribution in [0.1, 0.15) is 4.88 Å². The number of rotatable bonds is 3. The van der Waals surface area contributed by atoms with Gasteiger partial charge in [0, 0.05) is 14.8 Å². The Morgan fingerprint density at radius 3 is 2.48 bits per heavy atom. The van der Waals surface area contributed by atoms with Crippen molar-refractivity contribution in [3.05, 3.63) is 52.0 Å². The van der Waals surface area contributed by atoms with Crippen LogP contribution in [-0.2, 0) is 4.79 Å². The van der Waals surface area contributed by atoms with Crippen molar-refractivity contribution < 1.29 is 9.59 Å². The number of amides is 3. The molecule has 0 bridgehead atoms. The molecule has 0 radical (unpaired) electrons. The Morgan fingerprint density at radius 2 is 1.81 bits per heavy atom. The highest BCUT2D eigenvalue weighted by atomic mass is 35.5. The minimum Gasteiger partial charge on any atom is -0.303 e. The summed E-state index contributed by atoms with van der Waals surface area (Å²) in [5.41, 5.74) is 0.268. The molecule has 1 aromatic heterocycles. The molecule has 3 rings (SSSR count). The molecule has 2 N–H and O–H groups in total. The van der Waals surface area contributed by atoms with Crippen molar-refractivity contribution in [2.24, 2.45) is 0 Å². The summed E-state index contributed by atoms with van der Waals surface area (Å²) >= 11 is 9.02. The average Bonchev–Trinajstić information content (AvgIpc) is 3.00. The van der Waals surface area contributed by atoms with Gasteiger partial charge in [-0.1, -0.05) is 23.4 Å². The van der Waals surface area contributed by atoms with E-state index < -0.39 is 11.9 Å². The molecule has 1 fully saturated rings. The molecule has 0 atom stereocenters. The normalized spacial score (nSPS) is 16.1. The summed E-state index contributed by atoms with van der Waals surface area (Å²) in [5, 5.41) is 5.34. The molecular formula is C14H9ClN2O2S2. The zero-order valence-corrected chi connectivity index (χ0v) is 12.9. The van der Waals surface area contributed by atoms with Gasteiger partial charge in [0.15, 0.2) is 0 Å². The lowest BCUT2D eigenvalue weighted by Crippen LogP contribution is -2.22. The third-order valence-corrected chi connectivity index (χ3v) is 5.06. The lowest BCUT2D eigenvalue weighted by Gasteiger charge is -1.97. The van der Waals surface area contributed by atoms with Crippen molar-refractivity contribution >= 4 is 52.7 Å². The van der Waals surface area contributed by atoms with E-state index in [0.29, 0.717) is 5.02 Å². The lowest BCUT2D eigenvalue weighted by atomic mass is 10.3. The topological polar surface area (TPSA) is 58.2 Å². The first-order valence-corrected chi connectivity index (χ1v) is 7.98. The van der Waals surface area contributed by atoms with Crippen molar-refractivity contribution in [3.63, 3.8) is 0 Å². The highest BCUT2D eigenvalue weighted by Crippen LogP contribution is 2.34. The molecule has 0 aliphatic carbocycles. The quantitative estimate of drug-likeness (QED) is 0.663. The summed E-state index contributed by atoms with van der Waals surface area (Å²) in [6.07, 6.45) is 1.66. The molecule has 1 saturated heterocycles. The van der Waals surface area contributed by atoms with Gasteiger partial charge in [-0.2, -0.15) is 0 Å². The molecular weight excluding hydrogens is 328 g/mol. The number of hydrogen-bond acceptors (Lipinski definition) is 4. The maximum atomic E-state index is 11.4. The maximum absolute atomic E-state index is 11.4. The van der Waals surface area contributed by atoms with Crippen molar-refractivity contribution in [1.82, 2.24) is 10.6 Å². The molecule has 4 nitrogen and oxygen atoms in total. The van der Waals surface area contributed by atoms with E-state index in [1.165, 1.54) is 0 Å². The second kappa shape index (κ2) is 5.93. The van der Waals surface area contributed by atoms with Gasteiger partial charge in [-0.25, -0.2) is 4.79 Å². The summed E-state index contributed by atoms with van der Waals surface area (Å²) in [6.45, 7) is 0. The molecule has 0 saturated carbocycles. The van der Waals surface area contributed by atoms with Crippen molar-refractivity contribution in [2.75, 3.05) is 0 Å². The summed E-state index contributed by atoms with van der Waals surface area (Å²) in [5.74, 6) is -0.402. The molecule has 3 amide bonds. The standard InChI is InChI=1S/C14H9ClN2O2S2/c15-8-1-3-9(4-2-8)20-12-6-5-10(21-12)7-11-13(18)17-14(19)16-11/h1-7H,(H2,16,17,18,19)/b11-7+. The summed E-state index contributed by atoms with van der Waals surface area (Å²) in [4.78, 5) is 24.5. The predicted molar refractivity (Wildman–Crippen MR) is 84.5 cm³/mol. The molecule has 0 unspecified atom stereocenters. The largest absolute Gasteiger partial charge is 0.326 e. The Kier molecular flexibility index (Phi) is 4.01. The van der Waals surface area contributed by atoms with Crippen LogP contribution in [0.2, 0.25) is 5.02 Å². The molecule has 1 aliphatic rings. The van der Waals surface area contributed by atoms with Gasteiger partial charge in [0.05, 0.1) is 4.21 Å². The second-order valence-electron chi connectivity index (χ2n) is 4.18. The highest BCUT2D eigenvalue weighted by Gasteiger charge is 2.22. The van der Waals surface area contributed by atoms with Crippen LogP contribution in [-0.4, -0.2) is 11.9 Å². The number of carbonyl (C=O) groups is 2. The van der Waals surface area contributed by atoms with Gasteiger partial charge in [0.2, 0.25) is 0 Å². The number of nitrogens with one attached hydrogen (secondary N) is 2. The fourth-order valence-electron chi connectivity index (χ4n) is 1.71. The zero-order chi connectivity index (χ0) is 14.8. The Morgan fingerprint density at radius 1 is 1.05 bits per heavy atom. The molecule has 2 aromatic rings. The van der Waals surface area contributed by atoms with E-state index in [1.54, 1.807) is 29.2 Å². The minimum absolute atomic E-state index is 0.268. The van der Waals surface area contributed by atoms with Crippen molar-refractivity contribution in [1.29, 1.82) is 0 Å². The summed E-state index contributed by atoms with van der Waals surface area (Å²) in [6, 6.07) is 11.0. The van der Waals surface area contributed by atoms with Crippen LogP contribution in [0.25, 0.3) is 6.08 Å². The van der Waals surface area contributed by atoms with Gasteiger partial charge in [-0.05, 0) is 42.5 Å².